The third-order valence-electron chi connectivity index (χ3n) is 11.7. The average Bonchev–Trinajstić information content (AvgIpc) is 3.27. The number of benzene rings is 10. The van der Waals surface area contributed by atoms with Crippen LogP contribution in [0.4, 0.5) is 11.4 Å². The summed E-state index contributed by atoms with van der Waals surface area (Å²) < 4.78 is 0. The molecule has 0 amide bonds. The van der Waals surface area contributed by atoms with Crippen LogP contribution in [-0.4, -0.2) is 0 Å². The van der Waals surface area contributed by atoms with Crippen LogP contribution in [0.15, 0.2) is 194 Å². The molecule has 10 aromatic carbocycles. The number of fused-ring (bicyclic) bond motifs is 2. The zero-order valence-corrected chi connectivity index (χ0v) is 30.6. The van der Waals surface area contributed by atoms with Crippen LogP contribution >= 0.6 is 0 Å². The summed E-state index contributed by atoms with van der Waals surface area (Å²) in [6.07, 6.45) is 0. The molecule has 0 fully saturated rings. The van der Waals surface area contributed by atoms with E-state index in [1.165, 1.54) is 87.9 Å². The SMILES string of the molecule is N#Cc1ccc2c3c1ccc1c(-c4ccc5c(-c6ccccc6)c6cc(-c7ccccc7)ccc6c(-c6ccccc6)c5c4)ccc(c13)N(c1ccccc1)C2. The lowest BCUT2D eigenvalue weighted by atomic mass is 9.83. The summed E-state index contributed by atoms with van der Waals surface area (Å²) in [5.41, 5.74) is 13.9. The molecule has 0 unspecified atom stereocenters. The number of hydrogen-bond donors (Lipinski definition) is 0. The van der Waals surface area contributed by atoms with Crippen molar-refractivity contribution in [3.05, 3.63) is 205 Å². The summed E-state index contributed by atoms with van der Waals surface area (Å²) in [6.45, 7) is 0.745. The summed E-state index contributed by atoms with van der Waals surface area (Å²) in [6, 6.07) is 72.6. The first kappa shape index (κ1) is 32.0. The van der Waals surface area contributed by atoms with Gasteiger partial charge < -0.3 is 4.90 Å². The van der Waals surface area contributed by atoms with Gasteiger partial charge >= 0.3 is 0 Å². The summed E-state index contributed by atoms with van der Waals surface area (Å²) in [5.74, 6) is 0. The highest BCUT2D eigenvalue weighted by molar-refractivity contribution is 6.24. The highest BCUT2D eigenvalue weighted by Crippen LogP contribution is 2.49. The molecule has 1 aliphatic rings. The lowest BCUT2D eigenvalue weighted by molar-refractivity contribution is 0.982. The third kappa shape index (κ3) is 4.95. The average molecular weight is 711 g/mol. The molecule has 0 atom stereocenters. The van der Waals surface area contributed by atoms with Gasteiger partial charge in [-0.1, -0.05) is 158 Å². The molecule has 0 spiro atoms. The highest BCUT2D eigenvalue weighted by atomic mass is 15.1. The van der Waals surface area contributed by atoms with Crippen LogP contribution in [-0.2, 0) is 6.54 Å². The quantitative estimate of drug-likeness (QED) is 0.131. The van der Waals surface area contributed by atoms with Gasteiger partial charge in [0.2, 0.25) is 0 Å². The Kier molecular flexibility index (Phi) is 7.34. The van der Waals surface area contributed by atoms with Crippen molar-refractivity contribution in [1.29, 1.82) is 5.26 Å². The molecule has 1 heterocycles. The number of para-hydroxylation sites is 1. The third-order valence-corrected chi connectivity index (χ3v) is 11.7. The van der Waals surface area contributed by atoms with Gasteiger partial charge in [-0.25, -0.2) is 0 Å². The predicted octanol–water partition coefficient (Wildman–Crippen LogP) is 14.5. The first-order valence-corrected chi connectivity index (χ1v) is 19.2. The fourth-order valence-electron chi connectivity index (χ4n) is 9.18. The maximum atomic E-state index is 10.2. The lowest BCUT2D eigenvalue weighted by Crippen LogP contribution is -2.20. The van der Waals surface area contributed by atoms with E-state index in [1.54, 1.807) is 0 Å². The molecule has 0 radical (unpaired) electrons. The van der Waals surface area contributed by atoms with Crippen molar-refractivity contribution in [1.82, 2.24) is 0 Å². The molecule has 0 aromatic heterocycles. The van der Waals surface area contributed by atoms with Gasteiger partial charge in [-0.3, -0.25) is 0 Å². The first-order valence-electron chi connectivity index (χ1n) is 19.2. The van der Waals surface area contributed by atoms with E-state index in [2.05, 4.69) is 199 Å². The Morgan fingerprint density at radius 2 is 0.929 bits per heavy atom. The van der Waals surface area contributed by atoms with Crippen molar-refractivity contribution in [3.63, 3.8) is 0 Å². The molecule has 1 aliphatic heterocycles. The molecular formula is C54H34N2. The fraction of sp³-hybridized carbons (Fsp3) is 0.0185. The van der Waals surface area contributed by atoms with Crippen LogP contribution in [0.3, 0.4) is 0 Å². The minimum Gasteiger partial charge on any atom is -0.336 e. The molecule has 0 aliphatic carbocycles. The second-order valence-electron chi connectivity index (χ2n) is 14.7. The Labute approximate surface area is 325 Å². The highest BCUT2D eigenvalue weighted by Gasteiger charge is 2.25. The largest absolute Gasteiger partial charge is 0.336 e. The molecule has 2 nitrogen and oxygen atoms in total. The molecule has 2 heteroatoms. The summed E-state index contributed by atoms with van der Waals surface area (Å²) >= 11 is 0. The second-order valence-corrected chi connectivity index (χ2v) is 14.7. The van der Waals surface area contributed by atoms with Crippen molar-refractivity contribution in [2.75, 3.05) is 4.90 Å². The maximum Gasteiger partial charge on any atom is 0.0998 e. The number of nitrogens with zero attached hydrogens (tertiary/aromatic N) is 2. The van der Waals surface area contributed by atoms with Gasteiger partial charge in [-0.05, 0) is 119 Å². The Morgan fingerprint density at radius 1 is 0.393 bits per heavy atom. The van der Waals surface area contributed by atoms with Gasteiger partial charge in [0.1, 0.15) is 0 Å². The molecule has 0 saturated heterocycles. The van der Waals surface area contributed by atoms with Crippen LogP contribution < -0.4 is 4.90 Å². The smallest absolute Gasteiger partial charge is 0.0998 e. The number of anilines is 2. The Morgan fingerprint density at radius 3 is 1.55 bits per heavy atom. The van der Waals surface area contributed by atoms with Gasteiger partial charge in [-0.15, -0.1) is 0 Å². The van der Waals surface area contributed by atoms with E-state index < -0.39 is 0 Å². The van der Waals surface area contributed by atoms with E-state index in [0.717, 1.165) is 23.2 Å². The van der Waals surface area contributed by atoms with Crippen molar-refractivity contribution in [2.45, 2.75) is 6.54 Å². The molecule has 10 aromatic rings. The predicted molar refractivity (Wildman–Crippen MR) is 235 cm³/mol. The van der Waals surface area contributed by atoms with Gasteiger partial charge in [0, 0.05) is 28.7 Å². The molecule has 260 valence electrons. The molecule has 0 saturated carbocycles. The molecule has 56 heavy (non-hydrogen) atoms. The molecule has 0 N–H and O–H groups in total. The van der Waals surface area contributed by atoms with Crippen molar-refractivity contribution < 1.29 is 0 Å². The zero-order chi connectivity index (χ0) is 37.2. The Bertz CT molecular complexity index is 3200. The van der Waals surface area contributed by atoms with E-state index in [9.17, 15) is 5.26 Å². The first-order chi connectivity index (χ1) is 27.7. The van der Waals surface area contributed by atoms with Crippen molar-refractivity contribution in [3.8, 4) is 50.6 Å². The van der Waals surface area contributed by atoms with E-state index in [-0.39, 0.29) is 0 Å². The fourth-order valence-corrected chi connectivity index (χ4v) is 9.18. The lowest BCUT2D eigenvalue weighted by Gasteiger charge is -2.32. The van der Waals surface area contributed by atoms with Gasteiger partial charge in [0.25, 0.3) is 0 Å². The van der Waals surface area contributed by atoms with Crippen LogP contribution in [0.2, 0.25) is 0 Å². The van der Waals surface area contributed by atoms with Gasteiger partial charge in [-0.2, -0.15) is 5.26 Å². The Hall–Kier alpha value is -7.47. The number of hydrogen-bond acceptors (Lipinski definition) is 2. The van der Waals surface area contributed by atoms with E-state index in [0.29, 0.717) is 5.56 Å². The van der Waals surface area contributed by atoms with Gasteiger partial charge in [0.15, 0.2) is 0 Å². The summed E-state index contributed by atoms with van der Waals surface area (Å²) in [5, 5.41) is 19.6. The van der Waals surface area contributed by atoms with E-state index in [1.807, 2.05) is 6.07 Å². The monoisotopic (exact) mass is 710 g/mol. The molecular weight excluding hydrogens is 677 g/mol. The maximum absolute atomic E-state index is 10.2. The summed E-state index contributed by atoms with van der Waals surface area (Å²) in [7, 11) is 0. The van der Waals surface area contributed by atoms with Crippen LogP contribution in [0, 0.1) is 11.3 Å². The van der Waals surface area contributed by atoms with Crippen LogP contribution in [0.1, 0.15) is 11.1 Å². The minimum atomic E-state index is 0.712. The van der Waals surface area contributed by atoms with Crippen LogP contribution in [0.5, 0.6) is 0 Å². The summed E-state index contributed by atoms with van der Waals surface area (Å²) in [4.78, 5) is 2.41. The zero-order valence-electron chi connectivity index (χ0n) is 30.6. The van der Waals surface area contributed by atoms with E-state index in [4.69, 9.17) is 0 Å². The van der Waals surface area contributed by atoms with Crippen molar-refractivity contribution in [2.24, 2.45) is 0 Å². The normalized spacial score (nSPS) is 12.2. The number of rotatable bonds is 5. The number of nitriles is 1. The minimum absolute atomic E-state index is 0.712. The molecule has 11 rings (SSSR count). The van der Waals surface area contributed by atoms with Crippen LogP contribution in [0.25, 0.3) is 87.6 Å². The van der Waals surface area contributed by atoms with E-state index >= 15 is 0 Å². The standard InChI is InChI=1S/C54H34N2/c55-33-40-21-22-41-34-56(42-19-11-4-12-20-42)50-30-29-43(45-28-27-44(40)53(41)54(45)50)39-24-26-47-49(32-39)52(37-17-9-3-10-18-37)46-25-23-38(35-13-5-1-6-14-35)31-48(46)51(47)36-15-7-2-8-16-36/h1-32H,34H2. The molecule has 0 bridgehead atoms. The Balaban J connectivity index is 1.23. The van der Waals surface area contributed by atoms with Gasteiger partial charge in [0.05, 0.1) is 11.6 Å². The second kappa shape index (κ2) is 12.8. The topological polar surface area (TPSA) is 27.0 Å². The van der Waals surface area contributed by atoms with Crippen molar-refractivity contribution >= 4 is 54.5 Å².